The van der Waals surface area contributed by atoms with E-state index in [1.165, 1.54) is 336 Å². The molecule has 4 nitrogen and oxygen atoms in total. The van der Waals surface area contributed by atoms with Crippen molar-refractivity contribution in [3.05, 3.63) is 96.1 Å². The molecule has 7 rings (SSSR count). The van der Waals surface area contributed by atoms with Gasteiger partial charge in [0.25, 0.3) is 0 Å². The van der Waals surface area contributed by atoms with E-state index >= 15 is 0 Å². The lowest BCUT2D eigenvalue weighted by Crippen LogP contribution is -2.46. The van der Waals surface area contributed by atoms with Crippen LogP contribution in [0.5, 0.6) is 0 Å². The van der Waals surface area contributed by atoms with Gasteiger partial charge < -0.3 is 20.4 Å². The van der Waals surface area contributed by atoms with Gasteiger partial charge in [-0.15, -0.1) is 0 Å². The Morgan fingerprint density at radius 2 is 0.679 bits per heavy atom. The molecule has 0 radical (unpaired) electrons. The predicted molar refractivity (Wildman–Crippen MR) is 378 cm³/mol. The van der Waals surface area contributed by atoms with Crippen LogP contribution in [0, 0.1) is 0 Å². The summed E-state index contributed by atoms with van der Waals surface area (Å²) in [6.45, 7) is 15.8. The second-order valence-corrected chi connectivity index (χ2v) is 26.5. The van der Waals surface area contributed by atoms with E-state index in [1.807, 2.05) is 0 Å². The number of unbranched alkanes of at least 4 members (excludes halogenated alkanes) is 36. The van der Waals surface area contributed by atoms with Gasteiger partial charge in [-0.05, 0) is 136 Å². The van der Waals surface area contributed by atoms with Crippen LogP contribution in [0.2, 0.25) is 0 Å². The van der Waals surface area contributed by atoms with Crippen molar-refractivity contribution in [2.45, 2.75) is 297 Å². The summed E-state index contributed by atoms with van der Waals surface area (Å²) in [5.74, 6) is 0. The third-order valence-electron chi connectivity index (χ3n) is 19.6. The maximum Gasteiger partial charge on any atom is 0.0450 e. The maximum atomic E-state index is 6.31. The zero-order chi connectivity index (χ0) is 58.7. The van der Waals surface area contributed by atoms with Crippen LogP contribution < -0.4 is 20.4 Å². The molecule has 1 heterocycles. The molecule has 1 aliphatic rings. The van der Waals surface area contributed by atoms with Gasteiger partial charge in [0.15, 0.2) is 0 Å². The summed E-state index contributed by atoms with van der Waals surface area (Å²) in [5, 5.41) is 8.73. The third kappa shape index (κ3) is 22.1. The number of piperazine rings is 1. The molecule has 1 fully saturated rings. The third-order valence-corrected chi connectivity index (χ3v) is 19.6. The van der Waals surface area contributed by atoms with Crippen LogP contribution in [0.25, 0.3) is 43.4 Å². The molecule has 0 aromatic heterocycles. The Bertz CT molecular complexity index is 2590. The summed E-state index contributed by atoms with van der Waals surface area (Å²) in [7, 11) is 0. The van der Waals surface area contributed by atoms with Gasteiger partial charge in [0.05, 0.1) is 0 Å². The van der Waals surface area contributed by atoms with Gasteiger partial charge in [0.1, 0.15) is 0 Å². The standard InChI is InChI=1S/C80H124N4/c1-5-9-13-17-21-23-25-27-29-31-33-35-39-43-59-82(60-44-40-36-34-32-30-28-26-24-22-18-14-10-6-2)71-51-53-72(54-52-71)83-61-63-84(64-62-83)78-66-69(46-42-38-20-16-12-8-4)74-55-57-75-77(67-47-49-70(81)50-48-67)65-68(45-41-37-19-15-11-7-3)73-56-58-76(78)80(74)79(73)75/h47-58,65-66H,5-46,59-64,81H2,1-4H3. The molecule has 6 aromatic rings. The van der Waals surface area contributed by atoms with Crippen molar-refractivity contribution in [2.75, 3.05) is 59.7 Å². The number of nitrogen functional groups attached to an aromatic ring is 1. The van der Waals surface area contributed by atoms with E-state index in [9.17, 15) is 0 Å². The number of rotatable bonds is 48. The zero-order valence-corrected chi connectivity index (χ0v) is 54.9. The minimum Gasteiger partial charge on any atom is -0.399 e. The predicted octanol–water partition coefficient (Wildman–Crippen LogP) is 24.7. The first-order valence-electron chi connectivity index (χ1n) is 36.5. The summed E-state index contributed by atoms with van der Waals surface area (Å²) in [6, 6.07) is 33.7. The zero-order valence-electron chi connectivity index (χ0n) is 54.9. The van der Waals surface area contributed by atoms with Crippen LogP contribution in [-0.2, 0) is 12.8 Å². The molecule has 1 aliphatic heterocycles. The molecule has 0 aliphatic carbocycles. The Kier molecular flexibility index (Phi) is 32.0. The van der Waals surface area contributed by atoms with Crippen LogP contribution in [0.15, 0.2) is 84.9 Å². The average Bonchev–Trinajstić information content (AvgIpc) is 1.02. The molecule has 0 spiro atoms. The summed E-state index contributed by atoms with van der Waals surface area (Å²) >= 11 is 0. The molecule has 464 valence electrons. The van der Waals surface area contributed by atoms with E-state index in [4.69, 9.17) is 5.73 Å². The fourth-order valence-corrected chi connectivity index (χ4v) is 14.3. The van der Waals surface area contributed by atoms with Crippen molar-refractivity contribution in [3.8, 4) is 11.1 Å². The summed E-state index contributed by atoms with van der Waals surface area (Å²) < 4.78 is 0. The molecular weight excluding hydrogens is 1020 g/mol. The van der Waals surface area contributed by atoms with Crippen LogP contribution in [0.4, 0.5) is 22.7 Å². The number of hydrogen-bond acceptors (Lipinski definition) is 4. The normalized spacial score (nSPS) is 13.0. The molecule has 1 saturated heterocycles. The molecule has 0 amide bonds. The van der Waals surface area contributed by atoms with Gasteiger partial charge in [0.2, 0.25) is 0 Å². The Labute approximate surface area is 516 Å². The highest BCUT2D eigenvalue weighted by Gasteiger charge is 2.24. The first-order chi connectivity index (χ1) is 41.5. The van der Waals surface area contributed by atoms with Gasteiger partial charge in [-0.2, -0.15) is 0 Å². The van der Waals surface area contributed by atoms with E-state index in [0.29, 0.717) is 0 Å². The van der Waals surface area contributed by atoms with Crippen molar-refractivity contribution >= 4 is 55.1 Å². The van der Waals surface area contributed by atoms with E-state index in [2.05, 4.69) is 127 Å². The highest BCUT2D eigenvalue weighted by atomic mass is 15.3. The Balaban J connectivity index is 1.01. The Morgan fingerprint density at radius 3 is 1.11 bits per heavy atom. The van der Waals surface area contributed by atoms with Crippen LogP contribution >= 0.6 is 0 Å². The number of anilines is 4. The monoisotopic (exact) mass is 1140 g/mol. The van der Waals surface area contributed by atoms with Gasteiger partial charge >= 0.3 is 0 Å². The second-order valence-electron chi connectivity index (χ2n) is 26.5. The minimum atomic E-state index is 0.827. The fraction of sp³-hybridized carbons (Fsp3) is 0.650. The van der Waals surface area contributed by atoms with Crippen LogP contribution in [-0.4, -0.2) is 39.3 Å². The molecule has 2 N–H and O–H groups in total. The van der Waals surface area contributed by atoms with E-state index < -0.39 is 0 Å². The Hall–Kier alpha value is -4.44. The van der Waals surface area contributed by atoms with Crippen LogP contribution in [0.1, 0.15) is 296 Å². The summed E-state index contributed by atoms with van der Waals surface area (Å²) in [5.41, 5.74) is 17.1. The number of nitrogens with zero attached hydrogens (tertiary/aromatic N) is 3. The van der Waals surface area contributed by atoms with Gasteiger partial charge in [-0.3, -0.25) is 0 Å². The second kappa shape index (κ2) is 40.1. The number of aryl methyl sites for hydroxylation is 2. The van der Waals surface area contributed by atoms with Crippen molar-refractivity contribution in [1.82, 2.24) is 0 Å². The minimum absolute atomic E-state index is 0.827. The molecule has 0 bridgehead atoms. The quantitative estimate of drug-likeness (QED) is 0.0235. The van der Waals surface area contributed by atoms with Crippen molar-refractivity contribution in [1.29, 1.82) is 0 Å². The first kappa shape index (κ1) is 67.1. The lowest BCUT2D eigenvalue weighted by Gasteiger charge is -2.38. The lowest BCUT2D eigenvalue weighted by atomic mass is 9.84. The number of nitrogens with two attached hydrogens (primary N) is 1. The largest absolute Gasteiger partial charge is 0.399 e. The summed E-state index contributed by atoms with van der Waals surface area (Å²) in [4.78, 5) is 8.19. The molecule has 6 aromatic carbocycles. The van der Waals surface area contributed by atoms with Crippen molar-refractivity contribution in [2.24, 2.45) is 0 Å². The summed E-state index contributed by atoms with van der Waals surface area (Å²) in [6.07, 6.45) is 57.8. The highest BCUT2D eigenvalue weighted by molar-refractivity contribution is 6.28. The molecule has 0 saturated carbocycles. The highest BCUT2D eigenvalue weighted by Crippen LogP contribution is 2.46. The number of hydrogen-bond donors (Lipinski definition) is 1. The fourth-order valence-electron chi connectivity index (χ4n) is 14.3. The van der Waals surface area contributed by atoms with E-state index in [1.54, 1.807) is 5.56 Å². The van der Waals surface area contributed by atoms with Crippen LogP contribution in [0.3, 0.4) is 0 Å². The van der Waals surface area contributed by atoms with E-state index in [0.717, 1.165) is 44.7 Å². The molecule has 4 heteroatoms. The molecule has 84 heavy (non-hydrogen) atoms. The topological polar surface area (TPSA) is 35.7 Å². The number of benzene rings is 6. The lowest BCUT2D eigenvalue weighted by molar-refractivity contribution is 0.529. The SMILES string of the molecule is CCCCCCCCCCCCCCCCN(CCCCCCCCCCCCCCCC)c1ccc(N2CCN(c3cc(CCCCCCCC)c4ccc5c(-c6ccc(N)cc6)cc(CCCCCCCC)c6ccc3c4c65)CC2)cc1. The average molecular weight is 1140 g/mol. The molecular formula is C80H124N4. The van der Waals surface area contributed by atoms with Crippen molar-refractivity contribution in [3.63, 3.8) is 0 Å². The smallest absolute Gasteiger partial charge is 0.0450 e. The van der Waals surface area contributed by atoms with Crippen molar-refractivity contribution < 1.29 is 0 Å². The molecule has 0 atom stereocenters. The molecule has 0 unspecified atom stereocenters. The van der Waals surface area contributed by atoms with Gasteiger partial charge in [0, 0.05) is 67.4 Å². The van der Waals surface area contributed by atoms with Gasteiger partial charge in [-0.25, -0.2) is 0 Å². The first-order valence-corrected chi connectivity index (χ1v) is 36.5. The maximum absolute atomic E-state index is 6.31. The van der Waals surface area contributed by atoms with Gasteiger partial charge in [-0.1, -0.05) is 295 Å². The Morgan fingerprint density at radius 1 is 0.333 bits per heavy atom. The van der Waals surface area contributed by atoms with E-state index in [-0.39, 0.29) is 0 Å².